The minimum absolute atomic E-state index is 0.0369. The van der Waals surface area contributed by atoms with Crippen LogP contribution < -0.4 is 8.92 Å². The van der Waals surface area contributed by atoms with E-state index in [1.807, 2.05) is 13.0 Å². The van der Waals surface area contributed by atoms with Gasteiger partial charge in [-0.05, 0) is 59.3 Å². The lowest BCUT2D eigenvalue weighted by Gasteiger charge is -2.12. The van der Waals surface area contributed by atoms with Crippen LogP contribution in [0.3, 0.4) is 0 Å². The Labute approximate surface area is 162 Å². The normalized spacial score (nSPS) is 11.5. The van der Waals surface area contributed by atoms with Gasteiger partial charge in [0.2, 0.25) is 0 Å². The molecule has 1 heterocycles. The molecule has 0 radical (unpaired) electrons. The number of nitrogens with zero attached hydrogens (tertiary/aromatic N) is 1. The van der Waals surface area contributed by atoms with Crippen molar-refractivity contribution in [1.29, 1.82) is 0 Å². The average molecular weight is 487 g/mol. The highest BCUT2D eigenvalue weighted by Crippen LogP contribution is 2.38. The zero-order chi connectivity index (χ0) is 18.0. The van der Waals surface area contributed by atoms with Crippen LogP contribution in [0.4, 0.5) is 0 Å². The lowest BCUT2D eigenvalue weighted by molar-refractivity contribution is 0.340. The molecule has 0 amide bonds. The van der Waals surface area contributed by atoms with Crippen LogP contribution in [0.2, 0.25) is 0 Å². The molecule has 2 aromatic carbocycles. The Kier molecular flexibility index (Phi) is 5.31. The molecular weight excluding hydrogens is 474 g/mol. The molecule has 0 N–H and O–H groups in total. The molecule has 8 heteroatoms. The van der Waals surface area contributed by atoms with Gasteiger partial charge in [0.1, 0.15) is 16.2 Å². The highest BCUT2D eigenvalue weighted by Gasteiger charge is 2.21. The predicted molar refractivity (Wildman–Crippen MR) is 103 cm³/mol. The van der Waals surface area contributed by atoms with Crippen LogP contribution in [-0.2, 0) is 10.1 Å². The molecule has 0 atom stereocenters. The van der Waals surface area contributed by atoms with E-state index >= 15 is 0 Å². The van der Waals surface area contributed by atoms with Crippen molar-refractivity contribution in [2.45, 2.75) is 11.8 Å². The molecule has 1 aromatic heterocycles. The van der Waals surface area contributed by atoms with Crippen molar-refractivity contribution in [2.75, 3.05) is 6.61 Å². The standard InChI is InChI=1S/C17H13Br2NO4S/c1-2-23-11-5-7-12(8-6-11)25(21,22)24-17-15(19)10-14(18)13-4-3-9-20-16(13)17/h3-10H,2H2,1H3. The summed E-state index contributed by atoms with van der Waals surface area (Å²) in [6, 6.07) is 11.4. The first-order chi connectivity index (χ1) is 11.9. The highest BCUT2D eigenvalue weighted by molar-refractivity contribution is 9.11. The smallest absolute Gasteiger partial charge is 0.339 e. The summed E-state index contributed by atoms with van der Waals surface area (Å²) in [7, 11) is -4.01. The first-order valence-corrected chi connectivity index (χ1v) is 10.3. The summed E-state index contributed by atoms with van der Waals surface area (Å²) in [5.74, 6) is 0.742. The first-order valence-electron chi connectivity index (χ1n) is 7.32. The van der Waals surface area contributed by atoms with Crippen molar-refractivity contribution in [3.63, 3.8) is 0 Å². The summed E-state index contributed by atoms with van der Waals surface area (Å²) in [4.78, 5) is 4.29. The van der Waals surface area contributed by atoms with Crippen LogP contribution in [0, 0.1) is 0 Å². The SMILES string of the molecule is CCOc1ccc(S(=O)(=O)Oc2c(Br)cc(Br)c3cccnc23)cc1. The van der Waals surface area contributed by atoms with Gasteiger partial charge < -0.3 is 8.92 Å². The molecule has 0 aliphatic carbocycles. The van der Waals surface area contributed by atoms with Gasteiger partial charge in [-0.3, -0.25) is 4.98 Å². The molecule has 130 valence electrons. The van der Waals surface area contributed by atoms with Gasteiger partial charge in [-0.25, -0.2) is 0 Å². The maximum atomic E-state index is 12.6. The van der Waals surface area contributed by atoms with Crippen molar-refractivity contribution in [3.8, 4) is 11.5 Å². The van der Waals surface area contributed by atoms with Crippen LogP contribution in [0.25, 0.3) is 10.9 Å². The summed E-state index contributed by atoms with van der Waals surface area (Å²) in [6.07, 6.45) is 1.58. The number of pyridine rings is 1. The number of halogens is 2. The Bertz CT molecular complexity index is 1020. The zero-order valence-electron chi connectivity index (χ0n) is 13.1. The van der Waals surface area contributed by atoms with Gasteiger partial charge in [-0.1, -0.05) is 22.0 Å². The van der Waals surface area contributed by atoms with Crippen LogP contribution in [0.15, 0.2) is 62.5 Å². The van der Waals surface area contributed by atoms with Crippen LogP contribution in [-0.4, -0.2) is 20.0 Å². The summed E-state index contributed by atoms with van der Waals surface area (Å²) < 4.78 is 37.2. The monoisotopic (exact) mass is 485 g/mol. The summed E-state index contributed by atoms with van der Waals surface area (Å²) in [5.41, 5.74) is 0.443. The minimum atomic E-state index is -4.01. The molecule has 3 aromatic rings. The van der Waals surface area contributed by atoms with E-state index in [9.17, 15) is 8.42 Å². The molecule has 0 spiro atoms. The molecule has 0 saturated carbocycles. The quantitative estimate of drug-likeness (QED) is 0.478. The molecular formula is C17H13Br2NO4S. The lowest BCUT2D eigenvalue weighted by Crippen LogP contribution is -2.10. The molecule has 0 unspecified atom stereocenters. The van der Waals surface area contributed by atoms with E-state index in [0.29, 0.717) is 22.3 Å². The molecule has 5 nitrogen and oxygen atoms in total. The molecule has 0 aliphatic heterocycles. The van der Waals surface area contributed by atoms with Gasteiger partial charge in [0.25, 0.3) is 0 Å². The van der Waals surface area contributed by atoms with Crippen molar-refractivity contribution in [2.24, 2.45) is 0 Å². The average Bonchev–Trinajstić information content (AvgIpc) is 2.59. The number of benzene rings is 2. The maximum absolute atomic E-state index is 12.6. The van der Waals surface area contributed by atoms with Gasteiger partial charge in [-0.2, -0.15) is 8.42 Å². The van der Waals surface area contributed by atoms with Crippen molar-refractivity contribution < 1.29 is 17.3 Å². The molecule has 0 bridgehead atoms. The Morgan fingerprint density at radius 1 is 1.08 bits per heavy atom. The van der Waals surface area contributed by atoms with Crippen molar-refractivity contribution >= 4 is 52.9 Å². The summed E-state index contributed by atoms with van der Waals surface area (Å²) in [6.45, 7) is 2.36. The van der Waals surface area contributed by atoms with E-state index in [1.54, 1.807) is 30.5 Å². The number of fused-ring (bicyclic) bond motifs is 1. The predicted octanol–water partition coefficient (Wildman–Crippen LogP) is 4.93. The topological polar surface area (TPSA) is 65.5 Å². The Morgan fingerprint density at radius 3 is 2.48 bits per heavy atom. The number of aromatic nitrogens is 1. The number of rotatable bonds is 5. The van der Waals surface area contributed by atoms with E-state index in [-0.39, 0.29) is 10.6 Å². The van der Waals surface area contributed by atoms with E-state index < -0.39 is 10.1 Å². The van der Waals surface area contributed by atoms with Crippen LogP contribution in [0.1, 0.15) is 6.92 Å². The number of hydrogen-bond acceptors (Lipinski definition) is 5. The van der Waals surface area contributed by atoms with Crippen LogP contribution in [0.5, 0.6) is 11.5 Å². The third-order valence-electron chi connectivity index (χ3n) is 3.37. The zero-order valence-corrected chi connectivity index (χ0v) is 17.1. The molecule has 25 heavy (non-hydrogen) atoms. The highest BCUT2D eigenvalue weighted by atomic mass is 79.9. The van der Waals surface area contributed by atoms with Crippen molar-refractivity contribution in [3.05, 3.63) is 57.6 Å². The van der Waals surface area contributed by atoms with Gasteiger partial charge in [-0.15, -0.1) is 0 Å². The second-order valence-electron chi connectivity index (χ2n) is 5.01. The molecule has 3 rings (SSSR count). The summed E-state index contributed by atoms with van der Waals surface area (Å²) in [5, 5.41) is 0.752. The second kappa shape index (κ2) is 7.31. The van der Waals surface area contributed by atoms with Gasteiger partial charge >= 0.3 is 10.1 Å². The fraction of sp³-hybridized carbons (Fsp3) is 0.118. The fourth-order valence-corrected chi connectivity index (χ4v) is 4.67. The Balaban J connectivity index is 2.03. The summed E-state index contributed by atoms with van der Waals surface area (Å²) >= 11 is 6.79. The third kappa shape index (κ3) is 3.80. The first kappa shape index (κ1) is 18.2. The van der Waals surface area contributed by atoms with E-state index in [0.717, 1.165) is 9.86 Å². The minimum Gasteiger partial charge on any atom is -0.494 e. The van der Waals surface area contributed by atoms with E-state index in [1.165, 1.54) is 12.1 Å². The Morgan fingerprint density at radius 2 is 1.80 bits per heavy atom. The molecule has 0 fully saturated rings. The fourth-order valence-electron chi connectivity index (χ4n) is 2.25. The van der Waals surface area contributed by atoms with Crippen LogP contribution >= 0.6 is 31.9 Å². The van der Waals surface area contributed by atoms with Crippen molar-refractivity contribution in [1.82, 2.24) is 4.98 Å². The molecule has 0 saturated heterocycles. The lowest BCUT2D eigenvalue weighted by atomic mass is 10.2. The van der Waals surface area contributed by atoms with E-state index in [4.69, 9.17) is 8.92 Å². The van der Waals surface area contributed by atoms with E-state index in [2.05, 4.69) is 36.8 Å². The third-order valence-corrected chi connectivity index (χ3v) is 5.85. The molecule has 0 aliphatic rings. The van der Waals surface area contributed by atoms with Gasteiger partial charge in [0.15, 0.2) is 5.75 Å². The Hall–Kier alpha value is -1.64. The number of ether oxygens (including phenoxy) is 1. The number of hydrogen-bond donors (Lipinski definition) is 0. The maximum Gasteiger partial charge on any atom is 0.339 e. The van der Waals surface area contributed by atoms with Gasteiger partial charge in [0.05, 0.1) is 11.1 Å². The second-order valence-corrected chi connectivity index (χ2v) is 8.27. The largest absolute Gasteiger partial charge is 0.494 e. The van der Waals surface area contributed by atoms with Gasteiger partial charge in [0, 0.05) is 16.1 Å².